The summed E-state index contributed by atoms with van der Waals surface area (Å²) in [4.78, 5) is 4.20. The number of aromatic nitrogens is 1. The van der Waals surface area contributed by atoms with E-state index < -0.39 is 0 Å². The summed E-state index contributed by atoms with van der Waals surface area (Å²) < 4.78 is 1.19. The second kappa shape index (κ2) is 3.53. The van der Waals surface area contributed by atoms with Crippen molar-refractivity contribution >= 4 is 27.8 Å². The van der Waals surface area contributed by atoms with Crippen LogP contribution in [0.3, 0.4) is 0 Å². The third-order valence-electron chi connectivity index (χ3n) is 1.70. The zero-order valence-corrected chi connectivity index (χ0v) is 8.01. The number of benzene rings is 1. The van der Waals surface area contributed by atoms with Gasteiger partial charge in [0.2, 0.25) is 0 Å². The van der Waals surface area contributed by atoms with Gasteiger partial charge in [-0.15, -0.1) is 11.3 Å². The molecule has 2 rings (SSSR count). The lowest BCUT2D eigenvalue weighted by Crippen LogP contribution is -1.94. The molecule has 0 aliphatic carbocycles. The van der Waals surface area contributed by atoms with Crippen LogP contribution in [-0.4, -0.2) is 18.2 Å². The first-order valence-electron chi connectivity index (χ1n) is 3.93. The molecule has 13 heavy (non-hydrogen) atoms. The largest absolute Gasteiger partial charge is 0.313 e. The normalized spacial score (nSPS) is 11.2. The summed E-state index contributed by atoms with van der Waals surface area (Å²) in [6, 6.07) is 6.08. The van der Waals surface area contributed by atoms with E-state index in [9.17, 15) is 0 Å². The lowest BCUT2D eigenvalue weighted by Gasteiger charge is -1.92. The van der Waals surface area contributed by atoms with Crippen LogP contribution in [0.1, 0.15) is 5.56 Å². The van der Waals surface area contributed by atoms with Gasteiger partial charge in [-0.3, -0.25) is 0 Å². The highest BCUT2D eigenvalue weighted by Gasteiger charge is 1.95. The molecule has 4 heteroatoms. The van der Waals surface area contributed by atoms with E-state index in [2.05, 4.69) is 21.6 Å². The SMILES string of the molecule is CNN=Cc1ccc2ncsc2c1. The number of nitrogens with zero attached hydrogens (tertiary/aromatic N) is 2. The first kappa shape index (κ1) is 8.19. The second-order valence-corrected chi connectivity index (χ2v) is 3.45. The first-order chi connectivity index (χ1) is 6.40. The van der Waals surface area contributed by atoms with E-state index in [4.69, 9.17) is 0 Å². The average Bonchev–Trinajstić information content (AvgIpc) is 2.61. The molecular weight excluding hydrogens is 182 g/mol. The zero-order valence-electron chi connectivity index (χ0n) is 7.19. The monoisotopic (exact) mass is 191 g/mol. The fourth-order valence-electron chi connectivity index (χ4n) is 1.09. The van der Waals surface area contributed by atoms with Crippen LogP contribution in [-0.2, 0) is 0 Å². The number of hydrazone groups is 1. The predicted molar refractivity (Wildman–Crippen MR) is 56.3 cm³/mol. The molecule has 1 N–H and O–H groups in total. The van der Waals surface area contributed by atoms with E-state index in [0.29, 0.717) is 0 Å². The fourth-order valence-corrected chi connectivity index (χ4v) is 1.82. The average molecular weight is 191 g/mol. The number of rotatable bonds is 2. The van der Waals surface area contributed by atoms with Gasteiger partial charge in [0.15, 0.2) is 0 Å². The zero-order chi connectivity index (χ0) is 9.10. The minimum Gasteiger partial charge on any atom is -0.313 e. The first-order valence-corrected chi connectivity index (χ1v) is 4.81. The molecule has 1 heterocycles. The number of fused-ring (bicyclic) bond motifs is 1. The lowest BCUT2D eigenvalue weighted by molar-refractivity contribution is 0.908. The van der Waals surface area contributed by atoms with Gasteiger partial charge in [0, 0.05) is 7.05 Å². The maximum absolute atomic E-state index is 4.20. The van der Waals surface area contributed by atoms with Gasteiger partial charge in [-0.25, -0.2) is 4.98 Å². The van der Waals surface area contributed by atoms with Crippen molar-refractivity contribution < 1.29 is 0 Å². The summed E-state index contributed by atoms with van der Waals surface area (Å²) in [6.45, 7) is 0. The summed E-state index contributed by atoms with van der Waals surface area (Å²) >= 11 is 1.64. The van der Waals surface area contributed by atoms with Crippen LogP contribution in [0.5, 0.6) is 0 Å². The molecule has 0 saturated heterocycles. The Morgan fingerprint density at radius 2 is 2.46 bits per heavy atom. The number of hydrogen-bond donors (Lipinski definition) is 1. The standard InChI is InChI=1S/C9H9N3S/c1-10-12-5-7-2-3-8-9(4-7)13-6-11-8/h2-6,10H,1H3. The summed E-state index contributed by atoms with van der Waals surface area (Å²) in [5.74, 6) is 0. The van der Waals surface area contributed by atoms with Crippen LogP contribution in [0.15, 0.2) is 28.8 Å². The number of nitrogens with one attached hydrogen (secondary N) is 1. The van der Waals surface area contributed by atoms with Gasteiger partial charge >= 0.3 is 0 Å². The molecule has 1 aromatic carbocycles. The Balaban J connectivity index is 2.42. The smallest absolute Gasteiger partial charge is 0.0812 e. The summed E-state index contributed by atoms with van der Waals surface area (Å²) in [5.41, 5.74) is 6.70. The van der Waals surface area contributed by atoms with E-state index in [1.807, 2.05) is 17.6 Å². The highest BCUT2D eigenvalue weighted by Crippen LogP contribution is 2.17. The van der Waals surface area contributed by atoms with Crippen molar-refractivity contribution in [3.05, 3.63) is 29.3 Å². The van der Waals surface area contributed by atoms with Crippen molar-refractivity contribution in [3.63, 3.8) is 0 Å². The highest BCUT2D eigenvalue weighted by atomic mass is 32.1. The van der Waals surface area contributed by atoms with Gasteiger partial charge in [-0.05, 0) is 17.7 Å². The minimum atomic E-state index is 1.05. The van der Waals surface area contributed by atoms with Crippen LogP contribution in [0, 0.1) is 0 Å². The highest BCUT2D eigenvalue weighted by molar-refractivity contribution is 7.16. The fraction of sp³-hybridized carbons (Fsp3) is 0.111. The van der Waals surface area contributed by atoms with Gasteiger partial charge in [0.1, 0.15) is 0 Å². The molecule has 66 valence electrons. The molecule has 0 aliphatic heterocycles. The molecule has 0 bridgehead atoms. The van der Waals surface area contributed by atoms with Crippen molar-refractivity contribution in [1.82, 2.24) is 10.4 Å². The topological polar surface area (TPSA) is 37.3 Å². The van der Waals surface area contributed by atoms with Crippen LogP contribution in [0.4, 0.5) is 0 Å². The summed E-state index contributed by atoms with van der Waals surface area (Å²) in [5, 5.41) is 3.94. The Hall–Kier alpha value is -1.42. The molecule has 3 nitrogen and oxygen atoms in total. The van der Waals surface area contributed by atoms with E-state index >= 15 is 0 Å². The van der Waals surface area contributed by atoms with Crippen LogP contribution < -0.4 is 5.43 Å². The molecule has 0 atom stereocenters. The van der Waals surface area contributed by atoms with Crippen LogP contribution in [0.2, 0.25) is 0 Å². The molecule has 2 aromatic rings. The third-order valence-corrected chi connectivity index (χ3v) is 2.49. The molecule has 0 spiro atoms. The second-order valence-electron chi connectivity index (χ2n) is 2.56. The van der Waals surface area contributed by atoms with Crippen molar-refractivity contribution in [2.45, 2.75) is 0 Å². The maximum Gasteiger partial charge on any atom is 0.0812 e. The lowest BCUT2D eigenvalue weighted by atomic mass is 10.2. The van der Waals surface area contributed by atoms with E-state index in [1.54, 1.807) is 24.6 Å². The minimum absolute atomic E-state index is 1.05. The van der Waals surface area contributed by atoms with Gasteiger partial charge in [-0.1, -0.05) is 6.07 Å². The molecule has 1 aromatic heterocycles. The summed E-state index contributed by atoms with van der Waals surface area (Å²) in [6.07, 6.45) is 1.79. The molecular formula is C9H9N3S. The van der Waals surface area contributed by atoms with Crippen molar-refractivity contribution in [3.8, 4) is 0 Å². The molecule has 0 saturated carbocycles. The van der Waals surface area contributed by atoms with Gasteiger partial charge in [0.25, 0.3) is 0 Å². The molecule has 0 fully saturated rings. The quantitative estimate of drug-likeness (QED) is 0.581. The number of hydrogen-bond acceptors (Lipinski definition) is 4. The van der Waals surface area contributed by atoms with Gasteiger partial charge < -0.3 is 5.43 Å². The van der Waals surface area contributed by atoms with Crippen molar-refractivity contribution in [1.29, 1.82) is 0 Å². The maximum atomic E-state index is 4.20. The van der Waals surface area contributed by atoms with Crippen LogP contribution in [0.25, 0.3) is 10.2 Å². The van der Waals surface area contributed by atoms with Crippen molar-refractivity contribution in [2.75, 3.05) is 7.05 Å². The van der Waals surface area contributed by atoms with E-state index in [-0.39, 0.29) is 0 Å². The third kappa shape index (κ3) is 1.67. The Bertz CT molecular complexity index is 433. The number of thiazole rings is 1. The Morgan fingerprint density at radius 3 is 3.31 bits per heavy atom. The Morgan fingerprint density at radius 1 is 1.54 bits per heavy atom. The Labute approximate surface area is 80.1 Å². The summed E-state index contributed by atoms with van der Waals surface area (Å²) in [7, 11) is 1.78. The molecule has 0 radical (unpaired) electrons. The molecule has 0 amide bonds. The molecule has 0 aliphatic rings. The van der Waals surface area contributed by atoms with Crippen molar-refractivity contribution in [2.24, 2.45) is 5.10 Å². The van der Waals surface area contributed by atoms with Crippen LogP contribution >= 0.6 is 11.3 Å². The predicted octanol–water partition coefficient (Wildman–Crippen LogP) is 1.85. The van der Waals surface area contributed by atoms with Gasteiger partial charge in [0.05, 0.1) is 21.9 Å². The molecule has 0 unspecified atom stereocenters. The Kier molecular flexibility index (Phi) is 2.23. The van der Waals surface area contributed by atoms with E-state index in [0.717, 1.165) is 11.1 Å². The van der Waals surface area contributed by atoms with Gasteiger partial charge in [-0.2, -0.15) is 5.10 Å². The van der Waals surface area contributed by atoms with E-state index in [1.165, 1.54) is 4.70 Å².